The van der Waals surface area contributed by atoms with Crippen LogP contribution in [0.5, 0.6) is 0 Å². The van der Waals surface area contributed by atoms with Crippen LogP contribution < -0.4 is 5.73 Å². The fourth-order valence-corrected chi connectivity index (χ4v) is 2.81. The Hall–Kier alpha value is -0.860. The van der Waals surface area contributed by atoms with Crippen LogP contribution in [0.3, 0.4) is 0 Å². The highest BCUT2D eigenvalue weighted by Gasteiger charge is 2.26. The van der Waals surface area contributed by atoms with Gasteiger partial charge in [-0.15, -0.1) is 0 Å². The van der Waals surface area contributed by atoms with Gasteiger partial charge in [0, 0.05) is 12.0 Å². The van der Waals surface area contributed by atoms with E-state index in [0.29, 0.717) is 12.5 Å². The van der Waals surface area contributed by atoms with Crippen LogP contribution in [0.2, 0.25) is 0 Å². The van der Waals surface area contributed by atoms with Gasteiger partial charge in [-0.25, -0.2) is 0 Å². The molecular formula is C16H25NO. The number of nitrogens with two attached hydrogens (primary N) is 1. The van der Waals surface area contributed by atoms with Crippen molar-refractivity contribution in [3.8, 4) is 0 Å². The van der Waals surface area contributed by atoms with Crippen LogP contribution in [0.25, 0.3) is 0 Å². The summed E-state index contributed by atoms with van der Waals surface area (Å²) in [5.41, 5.74) is 8.08. The Morgan fingerprint density at radius 2 is 2.00 bits per heavy atom. The predicted octanol–water partition coefficient (Wildman–Crippen LogP) is 3.15. The molecule has 18 heavy (non-hydrogen) atoms. The molecule has 1 aliphatic carbocycles. The third kappa shape index (κ3) is 2.76. The van der Waals surface area contributed by atoms with E-state index in [1.54, 1.807) is 0 Å². The van der Waals surface area contributed by atoms with E-state index in [1.807, 2.05) is 12.1 Å². The lowest BCUT2D eigenvalue weighted by molar-refractivity contribution is 0.111. The summed E-state index contributed by atoms with van der Waals surface area (Å²) in [7, 11) is 0. The first-order valence-corrected chi connectivity index (χ1v) is 7.03. The van der Waals surface area contributed by atoms with Gasteiger partial charge in [0.15, 0.2) is 0 Å². The first kappa shape index (κ1) is 13.6. The maximum Gasteiger partial charge on any atom is 0.0818 e. The van der Waals surface area contributed by atoms with Crippen LogP contribution in [0.15, 0.2) is 24.3 Å². The molecule has 0 spiro atoms. The topological polar surface area (TPSA) is 46.2 Å². The van der Waals surface area contributed by atoms with Crippen LogP contribution in [0.4, 0.5) is 0 Å². The Morgan fingerprint density at radius 1 is 1.33 bits per heavy atom. The maximum atomic E-state index is 10.5. The fourth-order valence-electron chi connectivity index (χ4n) is 2.81. The summed E-state index contributed by atoms with van der Waals surface area (Å²) in [5.74, 6) is 0.446. The lowest BCUT2D eigenvalue weighted by Gasteiger charge is -2.25. The summed E-state index contributed by atoms with van der Waals surface area (Å²) < 4.78 is 0. The quantitative estimate of drug-likeness (QED) is 0.858. The molecule has 1 aliphatic rings. The van der Waals surface area contributed by atoms with Crippen molar-refractivity contribution in [1.29, 1.82) is 0 Å². The number of rotatable bonds is 4. The molecule has 0 radical (unpaired) electrons. The van der Waals surface area contributed by atoms with Crippen molar-refractivity contribution in [3.05, 3.63) is 35.4 Å². The first-order valence-electron chi connectivity index (χ1n) is 7.03. The summed E-state index contributed by atoms with van der Waals surface area (Å²) in [5, 5.41) is 10.5. The summed E-state index contributed by atoms with van der Waals surface area (Å²) in [6, 6.07) is 8.33. The van der Waals surface area contributed by atoms with Gasteiger partial charge >= 0.3 is 0 Å². The van der Waals surface area contributed by atoms with E-state index >= 15 is 0 Å². The molecular weight excluding hydrogens is 222 g/mol. The number of hydrogen-bond donors (Lipinski definition) is 2. The average Bonchev–Trinajstić information content (AvgIpc) is 2.92. The molecule has 1 fully saturated rings. The molecule has 3 N–H and O–H groups in total. The first-order chi connectivity index (χ1) is 8.54. The Labute approximate surface area is 110 Å². The normalized spacial score (nSPS) is 19.1. The van der Waals surface area contributed by atoms with Gasteiger partial charge in [0.05, 0.1) is 6.10 Å². The highest BCUT2D eigenvalue weighted by atomic mass is 16.3. The van der Waals surface area contributed by atoms with Crippen LogP contribution in [-0.4, -0.2) is 11.7 Å². The molecule has 100 valence electrons. The van der Waals surface area contributed by atoms with Gasteiger partial charge in [-0.1, -0.05) is 51.0 Å². The molecule has 2 nitrogen and oxygen atoms in total. The van der Waals surface area contributed by atoms with Crippen molar-refractivity contribution in [2.45, 2.75) is 51.0 Å². The molecule has 1 aromatic carbocycles. The van der Waals surface area contributed by atoms with Crippen molar-refractivity contribution >= 4 is 0 Å². The fraction of sp³-hybridized carbons (Fsp3) is 0.625. The second-order valence-corrected chi connectivity index (χ2v) is 6.20. The minimum atomic E-state index is -0.305. The van der Waals surface area contributed by atoms with E-state index in [-0.39, 0.29) is 11.5 Å². The maximum absolute atomic E-state index is 10.5. The molecule has 1 unspecified atom stereocenters. The molecule has 0 aliphatic heterocycles. The second-order valence-electron chi connectivity index (χ2n) is 6.20. The molecule has 0 aromatic heterocycles. The Bertz CT molecular complexity index is 394. The van der Waals surface area contributed by atoms with E-state index < -0.39 is 0 Å². The standard InChI is InChI=1S/C16H25NO/c1-16(2,11-17)14-9-5-8-13(10-14)15(18)12-6-3-4-7-12/h5,8-10,12,15,18H,3-4,6-7,11,17H2,1-2H3. The van der Waals surface area contributed by atoms with E-state index in [4.69, 9.17) is 5.73 Å². The predicted molar refractivity (Wildman–Crippen MR) is 75.4 cm³/mol. The second kappa shape index (κ2) is 5.41. The lowest BCUT2D eigenvalue weighted by Crippen LogP contribution is -2.28. The zero-order chi connectivity index (χ0) is 13.2. The minimum absolute atomic E-state index is 0.0224. The van der Waals surface area contributed by atoms with Gasteiger partial charge in [0.1, 0.15) is 0 Å². The molecule has 2 rings (SSSR count). The van der Waals surface area contributed by atoms with Crippen molar-refractivity contribution in [2.75, 3.05) is 6.54 Å². The molecule has 1 saturated carbocycles. The highest BCUT2D eigenvalue weighted by molar-refractivity contribution is 5.31. The smallest absolute Gasteiger partial charge is 0.0818 e. The Kier molecular flexibility index (Phi) is 4.08. The van der Waals surface area contributed by atoms with E-state index in [0.717, 1.165) is 18.4 Å². The molecule has 0 amide bonds. The van der Waals surface area contributed by atoms with Crippen LogP contribution in [0, 0.1) is 5.92 Å². The zero-order valence-corrected chi connectivity index (χ0v) is 11.5. The summed E-state index contributed by atoms with van der Waals surface area (Å²) >= 11 is 0. The van der Waals surface area contributed by atoms with Crippen LogP contribution in [-0.2, 0) is 5.41 Å². The molecule has 2 heteroatoms. The van der Waals surface area contributed by atoms with Crippen molar-refractivity contribution in [2.24, 2.45) is 11.7 Å². The monoisotopic (exact) mass is 247 g/mol. The molecule has 0 heterocycles. The van der Waals surface area contributed by atoms with Gasteiger partial charge < -0.3 is 10.8 Å². The average molecular weight is 247 g/mol. The van der Waals surface area contributed by atoms with Crippen LogP contribution >= 0.6 is 0 Å². The van der Waals surface area contributed by atoms with E-state index in [2.05, 4.69) is 26.0 Å². The summed E-state index contributed by atoms with van der Waals surface area (Å²) in [6.07, 6.45) is 4.53. The number of benzene rings is 1. The molecule has 0 bridgehead atoms. The van der Waals surface area contributed by atoms with E-state index in [1.165, 1.54) is 18.4 Å². The Morgan fingerprint density at radius 3 is 2.61 bits per heavy atom. The number of aliphatic hydroxyl groups excluding tert-OH is 1. The summed E-state index contributed by atoms with van der Waals surface area (Å²) in [4.78, 5) is 0. The third-order valence-corrected chi connectivity index (χ3v) is 4.37. The van der Waals surface area contributed by atoms with Gasteiger partial charge in [0.25, 0.3) is 0 Å². The van der Waals surface area contributed by atoms with Gasteiger partial charge in [0.2, 0.25) is 0 Å². The largest absolute Gasteiger partial charge is 0.388 e. The summed E-state index contributed by atoms with van der Waals surface area (Å²) in [6.45, 7) is 4.91. The van der Waals surface area contributed by atoms with Crippen LogP contribution in [0.1, 0.15) is 56.8 Å². The lowest BCUT2D eigenvalue weighted by atomic mass is 9.82. The number of aliphatic hydroxyl groups is 1. The third-order valence-electron chi connectivity index (χ3n) is 4.37. The molecule has 1 aromatic rings. The van der Waals surface area contributed by atoms with Crippen molar-refractivity contribution in [1.82, 2.24) is 0 Å². The van der Waals surface area contributed by atoms with Crippen molar-refractivity contribution in [3.63, 3.8) is 0 Å². The van der Waals surface area contributed by atoms with Gasteiger partial charge in [-0.05, 0) is 29.9 Å². The van der Waals surface area contributed by atoms with Gasteiger partial charge in [-0.2, -0.15) is 0 Å². The number of hydrogen-bond acceptors (Lipinski definition) is 2. The van der Waals surface area contributed by atoms with Gasteiger partial charge in [-0.3, -0.25) is 0 Å². The molecule has 0 saturated heterocycles. The SMILES string of the molecule is CC(C)(CN)c1cccc(C(O)C2CCCC2)c1. The molecule has 1 atom stereocenters. The zero-order valence-electron chi connectivity index (χ0n) is 11.5. The minimum Gasteiger partial charge on any atom is -0.388 e. The highest BCUT2D eigenvalue weighted by Crippen LogP contribution is 2.36. The van der Waals surface area contributed by atoms with Crippen molar-refractivity contribution < 1.29 is 5.11 Å². The Balaban J connectivity index is 2.21. The van der Waals surface area contributed by atoms with E-state index in [9.17, 15) is 5.11 Å².